The molecule has 1 aliphatic heterocycles. The molecule has 0 aliphatic carbocycles. The van der Waals surface area contributed by atoms with Crippen LogP contribution in [0.15, 0.2) is 0 Å². The lowest BCUT2D eigenvalue weighted by Crippen LogP contribution is -2.65. The van der Waals surface area contributed by atoms with Crippen molar-refractivity contribution in [3.63, 3.8) is 0 Å². The van der Waals surface area contributed by atoms with Crippen molar-refractivity contribution in [2.24, 2.45) is 0 Å². The number of rotatable bonds is 1. The number of hydrogen-bond donors (Lipinski definition) is 5. The van der Waals surface area contributed by atoms with Gasteiger partial charge in [-0.2, -0.15) is 0 Å². The molecule has 0 radical (unpaired) electrons. The van der Waals surface area contributed by atoms with E-state index in [1.165, 1.54) is 0 Å². The summed E-state index contributed by atoms with van der Waals surface area (Å²) in [6, 6.07) is 0. The molecule has 78 valence electrons. The van der Waals surface area contributed by atoms with Crippen molar-refractivity contribution < 1.29 is 34.7 Å². The van der Waals surface area contributed by atoms with Crippen molar-refractivity contribution in [2.45, 2.75) is 30.5 Å². The highest BCUT2D eigenvalue weighted by Crippen LogP contribution is 2.28. The van der Waals surface area contributed by atoms with Gasteiger partial charge in [0.15, 0.2) is 0 Å². The van der Waals surface area contributed by atoms with Crippen molar-refractivity contribution in [3.8, 4) is 0 Å². The Morgan fingerprint density at radius 1 is 1.31 bits per heavy atom. The average molecular weight is 198 g/mol. The monoisotopic (exact) mass is 198 g/mol. The van der Waals surface area contributed by atoms with E-state index in [-0.39, 0.29) is 0 Å². The molecular weight excluding hydrogens is 187 g/mol. The zero-order valence-corrected chi connectivity index (χ0v) is 6.54. The molecular formula is C6H11FO6. The number of hydrogen-bond acceptors (Lipinski definition) is 6. The molecule has 0 aromatic heterocycles. The molecule has 0 aromatic carbocycles. The first-order chi connectivity index (χ1) is 5.91. The number of aliphatic hydroxyl groups is 5. The van der Waals surface area contributed by atoms with E-state index in [2.05, 4.69) is 4.74 Å². The molecule has 1 heterocycles. The number of alkyl halides is 1. The highest BCUT2D eigenvalue weighted by Gasteiger charge is 2.54. The van der Waals surface area contributed by atoms with E-state index in [4.69, 9.17) is 25.5 Å². The van der Waals surface area contributed by atoms with E-state index in [1.54, 1.807) is 0 Å². The van der Waals surface area contributed by atoms with E-state index in [0.29, 0.717) is 0 Å². The summed E-state index contributed by atoms with van der Waals surface area (Å²) in [6.45, 7) is -0.727. The van der Waals surface area contributed by atoms with Crippen LogP contribution < -0.4 is 0 Å². The van der Waals surface area contributed by atoms with Crippen LogP contribution in [0.2, 0.25) is 0 Å². The number of aliphatic hydroxyl groups excluding tert-OH is 3. The van der Waals surface area contributed by atoms with Crippen molar-refractivity contribution in [1.82, 2.24) is 0 Å². The van der Waals surface area contributed by atoms with Gasteiger partial charge in [-0.3, -0.25) is 0 Å². The molecule has 1 rings (SSSR count). The molecule has 5 N–H and O–H groups in total. The second kappa shape index (κ2) is 3.45. The van der Waals surface area contributed by atoms with Gasteiger partial charge in [0.05, 0.1) is 6.61 Å². The molecule has 0 unspecified atom stereocenters. The molecule has 6 nitrogen and oxygen atoms in total. The first-order valence-electron chi connectivity index (χ1n) is 3.62. The summed E-state index contributed by atoms with van der Waals surface area (Å²) >= 11 is 0. The topological polar surface area (TPSA) is 110 Å². The van der Waals surface area contributed by atoms with E-state index in [9.17, 15) is 4.39 Å². The number of halogens is 1. The molecule has 13 heavy (non-hydrogen) atoms. The smallest absolute Gasteiger partial charge is 0.256 e. The molecule has 0 bridgehead atoms. The lowest BCUT2D eigenvalue weighted by Gasteiger charge is -2.41. The normalized spacial score (nSPS) is 44.8. The zero-order chi connectivity index (χ0) is 10.2. The third-order valence-corrected chi connectivity index (χ3v) is 1.95. The standard InChI is InChI=1S/C6H11FO6/c7-5-6(11,12)4(10)3(9)2(1-8)13-5/h2-5,8-12H,1H2/t2-,3-,4+,5+/m1/s1. The molecule has 7 heteroatoms. The first-order valence-corrected chi connectivity index (χ1v) is 3.62. The summed E-state index contributed by atoms with van der Waals surface area (Å²) < 4.78 is 16.9. The van der Waals surface area contributed by atoms with Crippen LogP contribution in [0.5, 0.6) is 0 Å². The second-order valence-electron chi connectivity index (χ2n) is 2.89. The highest BCUT2D eigenvalue weighted by molar-refractivity contribution is 4.93. The second-order valence-corrected chi connectivity index (χ2v) is 2.89. The Kier molecular flexibility index (Phi) is 2.85. The van der Waals surface area contributed by atoms with Gasteiger partial charge in [0.1, 0.15) is 18.3 Å². The minimum absolute atomic E-state index is 0.727. The van der Waals surface area contributed by atoms with Crippen LogP contribution in [0.25, 0.3) is 0 Å². The predicted molar refractivity (Wildman–Crippen MR) is 36.0 cm³/mol. The summed E-state index contributed by atoms with van der Waals surface area (Å²) in [5, 5.41) is 44.3. The molecule has 0 aromatic rings. The summed E-state index contributed by atoms with van der Waals surface area (Å²) in [6.07, 6.45) is -7.79. The Labute approximate surface area is 72.8 Å². The quantitative estimate of drug-likeness (QED) is 0.289. The summed E-state index contributed by atoms with van der Waals surface area (Å²) in [4.78, 5) is 0. The van der Waals surface area contributed by atoms with Gasteiger partial charge < -0.3 is 30.3 Å². The fraction of sp³-hybridized carbons (Fsp3) is 1.00. The number of ether oxygens (including phenoxy) is 1. The van der Waals surface area contributed by atoms with Gasteiger partial charge in [0.25, 0.3) is 6.36 Å². The van der Waals surface area contributed by atoms with Gasteiger partial charge in [0, 0.05) is 0 Å². The molecule has 1 saturated heterocycles. The Morgan fingerprint density at radius 3 is 2.31 bits per heavy atom. The Morgan fingerprint density at radius 2 is 1.85 bits per heavy atom. The van der Waals surface area contributed by atoms with Crippen LogP contribution in [0.4, 0.5) is 4.39 Å². The van der Waals surface area contributed by atoms with Crippen molar-refractivity contribution in [2.75, 3.05) is 6.61 Å². The Balaban J connectivity index is 2.79. The predicted octanol–water partition coefficient (Wildman–Crippen LogP) is -2.92. The van der Waals surface area contributed by atoms with Crippen molar-refractivity contribution >= 4 is 0 Å². The summed E-state index contributed by atoms with van der Waals surface area (Å²) in [7, 11) is 0. The lowest BCUT2D eigenvalue weighted by atomic mass is 9.97. The molecule has 1 aliphatic rings. The molecule has 0 amide bonds. The minimum Gasteiger partial charge on any atom is -0.394 e. The molecule has 4 atom stereocenters. The van der Waals surface area contributed by atoms with Crippen molar-refractivity contribution in [1.29, 1.82) is 0 Å². The maximum atomic E-state index is 12.7. The van der Waals surface area contributed by atoms with Crippen LogP contribution in [-0.4, -0.2) is 62.6 Å². The fourth-order valence-electron chi connectivity index (χ4n) is 1.07. The van der Waals surface area contributed by atoms with Crippen LogP contribution in [-0.2, 0) is 4.74 Å². The van der Waals surface area contributed by atoms with Gasteiger partial charge in [-0.1, -0.05) is 0 Å². The Hall–Kier alpha value is -0.310. The van der Waals surface area contributed by atoms with Gasteiger partial charge in [-0.15, -0.1) is 0 Å². The van der Waals surface area contributed by atoms with Crippen LogP contribution in [0, 0.1) is 0 Å². The van der Waals surface area contributed by atoms with Crippen LogP contribution in [0.3, 0.4) is 0 Å². The SMILES string of the molecule is OC[C@H]1O[C@H](F)C(O)(O)[C@@H](O)[C@@H]1O. The fourth-order valence-corrected chi connectivity index (χ4v) is 1.07. The van der Waals surface area contributed by atoms with Gasteiger partial charge >= 0.3 is 0 Å². The third kappa shape index (κ3) is 1.66. The minimum atomic E-state index is -3.15. The third-order valence-electron chi connectivity index (χ3n) is 1.95. The zero-order valence-electron chi connectivity index (χ0n) is 6.54. The maximum absolute atomic E-state index is 12.7. The average Bonchev–Trinajstić information content (AvgIpc) is 2.09. The lowest BCUT2D eigenvalue weighted by molar-refractivity contribution is -0.378. The van der Waals surface area contributed by atoms with Gasteiger partial charge in [-0.25, -0.2) is 4.39 Å². The van der Waals surface area contributed by atoms with E-state index in [0.717, 1.165) is 0 Å². The Bertz CT molecular complexity index is 186. The molecule has 0 spiro atoms. The molecule has 0 saturated carbocycles. The van der Waals surface area contributed by atoms with E-state index < -0.39 is 37.1 Å². The highest BCUT2D eigenvalue weighted by atomic mass is 19.1. The largest absolute Gasteiger partial charge is 0.394 e. The first kappa shape index (κ1) is 10.8. The summed E-state index contributed by atoms with van der Waals surface area (Å²) in [5.74, 6) is -3.15. The van der Waals surface area contributed by atoms with Crippen molar-refractivity contribution in [3.05, 3.63) is 0 Å². The maximum Gasteiger partial charge on any atom is 0.256 e. The van der Waals surface area contributed by atoms with Crippen LogP contribution in [0.1, 0.15) is 0 Å². The molecule has 1 fully saturated rings. The van der Waals surface area contributed by atoms with E-state index in [1.807, 2.05) is 0 Å². The van der Waals surface area contributed by atoms with Gasteiger partial charge in [0.2, 0.25) is 5.79 Å². The summed E-state index contributed by atoms with van der Waals surface area (Å²) in [5.41, 5.74) is 0. The van der Waals surface area contributed by atoms with Gasteiger partial charge in [-0.05, 0) is 0 Å². The van der Waals surface area contributed by atoms with Crippen LogP contribution >= 0.6 is 0 Å². The van der Waals surface area contributed by atoms with E-state index >= 15 is 0 Å².